The van der Waals surface area contributed by atoms with Crippen LogP contribution >= 0.6 is 0 Å². The largest absolute Gasteiger partial charge is 0.481 e. The summed E-state index contributed by atoms with van der Waals surface area (Å²) in [5.74, 6) is -2.59. The summed E-state index contributed by atoms with van der Waals surface area (Å²) in [7, 11) is 0. The molecule has 1 atom stereocenters. The first kappa shape index (κ1) is 16.6. The lowest BCUT2D eigenvalue weighted by Gasteiger charge is -2.15. The quantitative estimate of drug-likeness (QED) is 0.857. The van der Waals surface area contributed by atoms with Crippen molar-refractivity contribution in [1.29, 1.82) is 0 Å². The molecule has 0 saturated carbocycles. The fourth-order valence-electron chi connectivity index (χ4n) is 1.87. The van der Waals surface area contributed by atoms with E-state index in [1.54, 1.807) is 24.3 Å². The molecule has 0 radical (unpaired) electrons. The van der Waals surface area contributed by atoms with Gasteiger partial charge in [-0.25, -0.2) is 8.78 Å². The molecule has 2 aromatic rings. The topological polar surface area (TPSA) is 55.4 Å². The van der Waals surface area contributed by atoms with Gasteiger partial charge in [0, 0.05) is 17.3 Å². The van der Waals surface area contributed by atoms with Gasteiger partial charge >= 0.3 is 0 Å². The average Bonchev–Trinajstić information content (AvgIpc) is 2.51. The first-order valence-electron chi connectivity index (χ1n) is 6.90. The van der Waals surface area contributed by atoms with Gasteiger partial charge in [-0.3, -0.25) is 9.59 Å². The van der Waals surface area contributed by atoms with Gasteiger partial charge in [-0.2, -0.15) is 0 Å². The number of benzene rings is 2. The Hall–Kier alpha value is -2.76. The molecule has 1 amide bonds. The molecule has 1 unspecified atom stereocenters. The number of Topliss-reactive ketones (excluding diaryl/α,β-unsaturated/α-hetero) is 1. The Kier molecular flexibility index (Phi) is 5.05. The monoisotopic (exact) mass is 319 g/mol. The van der Waals surface area contributed by atoms with E-state index in [0.717, 1.165) is 12.1 Å². The van der Waals surface area contributed by atoms with Crippen LogP contribution in [0.3, 0.4) is 0 Å². The number of hydrogen-bond acceptors (Lipinski definition) is 3. The van der Waals surface area contributed by atoms with Crippen LogP contribution in [0.5, 0.6) is 5.75 Å². The van der Waals surface area contributed by atoms with Gasteiger partial charge in [0.05, 0.1) is 0 Å². The van der Waals surface area contributed by atoms with Gasteiger partial charge in [0.2, 0.25) is 0 Å². The minimum absolute atomic E-state index is 0.0454. The van der Waals surface area contributed by atoms with Crippen molar-refractivity contribution in [2.45, 2.75) is 20.0 Å². The number of halogens is 2. The van der Waals surface area contributed by atoms with Gasteiger partial charge in [-0.05, 0) is 38.1 Å². The van der Waals surface area contributed by atoms with E-state index in [1.807, 2.05) is 0 Å². The Labute approximate surface area is 132 Å². The molecule has 6 heteroatoms. The molecule has 1 N–H and O–H groups in total. The van der Waals surface area contributed by atoms with Gasteiger partial charge < -0.3 is 10.1 Å². The van der Waals surface area contributed by atoms with Crippen LogP contribution in [-0.2, 0) is 4.79 Å². The first-order valence-corrected chi connectivity index (χ1v) is 6.90. The highest BCUT2D eigenvalue weighted by Gasteiger charge is 2.16. The summed E-state index contributed by atoms with van der Waals surface area (Å²) >= 11 is 0. The van der Waals surface area contributed by atoms with Crippen molar-refractivity contribution < 1.29 is 23.1 Å². The third-order valence-electron chi connectivity index (χ3n) is 3.11. The van der Waals surface area contributed by atoms with Crippen molar-refractivity contribution in [2.75, 3.05) is 5.32 Å². The molecule has 0 saturated heterocycles. The molecule has 0 spiro atoms. The Balaban J connectivity index is 2.03. The van der Waals surface area contributed by atoms with Crippen LogP contribution in [0.2, 0.25) is 0 Å². The van der Waals surface area contributed by atoms with Crippen molar-refractivity contribution in [3.05, 3.63) is 59.7 Å². The highest BCUT2D eigenvalue weighted by Crippen LogP contribution is 2.18. The maximum atomic E-state index is 13.1. The third-order valence-corrected chi connectivity index (χ3v) is 3.11. The lowest BCUT2D eigenvalue weighted by atomic mass is 10.1. The van der Waals surface area contributed by atoms with E-state index in [2.05, 4.69) is 5.32 Å². The molecule has 23 heavy (non-hydrogen) atoms. The lowest BCUT2D eigenvalue weighted by molar-refractivity contribution is -0.122. The number of nitrogens with one attached hydrogen (secondary N) is 1. The SMILES string of the molecule is CC(=O)c1cccc(NC(=O)C(C)Oc2ccc(F)c(F)c2)c1. The maximum absolute atomic E-state index is 13.1. The second-order valence-corrected chi connectivity index (χ2v) is 4.96. The molecule has 0 aromatic heterocycles. The van der Waals surface area contributed by atoms with Crippen molar-refractivity contribution in [1.82, 2.24) is 0 Å². The smallest absolute Gasteiger partial charge is 0.265 e. The Morgan fingerprint density at radius 1 is 1.09 bits per heavy atom. The predicted molar refractivity (Wildman–Crippen MR) is 81.5 cm³/mol. The van der Waals surface area contributed by atoms with Crippen LogP contribution < -0.4 is 10.1 Å². The fourth-order valence-corrected chi connectivity index (χ4v) is 1.87. The minimum Gasteiger partial charge on any atom is -0.481 e. The average molecular weight is 319 g/mol. The summed E-state index contributed by atoms with van der Waals surface area (Å²) in [5, 5.41) is 2.60. The summed E-state index contributed by atoms with van der Waals surface area (Å²) < 4.78 is 31.2. The Morgan fingerprint density at radius 2 is 1.83 bits per heavy atom. The molecular formula is C17H15F2NO3. The van der Waals surface area contributed by atoms with Crippen LogP contribution in [0.15, 0.2) is 42.5 Å². The molecule has 120 valence electrons. The van der Waals surface area contributed by atoms with Gasteiger partial charge in [0.25, 0.3) is 5.91 Å². The molecule has 0 fully saturated rings. The zero-order valence-electron chi connectivity index (χ0n) is 12.6. The van der Waals surface area contributed by atoms with Crippen molar-refractivity contribution >= 4 is 17.4 Å². The highest BCUT2D eigenvalue weighted by atomic mass is 19.2. The second-order valence-electron chi connectivity index (χ2n) is 4.96. The van der Waals surface area contributed by atoms with Crippen molar-refractivity contribution in [3.63, 3.8) is 0 Å². The summed E-state index contributed by atoms with van der Waals surface area (Å²) in [5.41, 5.74) is 0.917. The van der Waals surface area contributed by atoms with Gasteiger partial charge in [0.15, 0.2) is 23.5 Å². The zero-order chi connectivity index (χ0) is 17.0. The van der Waals surface area contributed by atoms with E-state index < -0.39 is 23.6 Å². The van der Waals surface area contributed by atoms with E-state index in [0.29, 0.717) is 11.3 Å². The molecular weight excluding hydrogens is 304 g/mol. The van der Waals surface area contributed by atoms with Gasteiger partial charge in [-0.1, -0.05) is 12.1 Å². The number of anilines is 1. The summed E-state index contributed by atoms with van der Waals surface area (Å²) in [6.45, 7) is 2.90. The number of amides is 1. The maximum Gasteiger partial charge on any atom is 0.265 e. The first-order chi connectivity index (χ1) is 10.9. The van der Waals surface area contributed by atoms with Crippen LogP contribution in [-0.4, -0.2) is 17.8 Å². The Bertz CT molecular complexity index is 746. The Morgan fingerprint density at radius 3 is 2.48 bits per heavy atom. The number of ketones is 1. The van der Waals surface area contributed by atoms with Gasteiger partial charge in [0.1, 0.15) is 5.75 Å². The van der Waals surface area contributed by atoms with Gasteiger partial charge in [-0.15, -0.1) is 0 Å². The molecule has 2 rings (SSSR count). The molecule has 0 aliphatic rings. The molecule has 0 aliphatic heterocycles. The fraction of sp³-hybridized carbons (Fsp3) is 0.176. The van der Waals surface area contributed by atoms with Crippen LogP contribution in [0.1, 0.15) is 24.2 Å². The number of carbonyl (C=O) groups excluding carboxylic acids is 2. The summed E-state index contributed by atoms with van der Waals surface area (Å²) in [4.78, 5) is 23.4. The number of rotatable bonds is 5. The lowest BCUT2D eigenvalue weighted by Crippen LogP contribution is -2.30. The van der Waals surface area contributed by atoms with E-state index >= 15 is 0 Å². The van der Waals surface area contributed by atoms with E-state index in [-0.39, 0.29) is 11.5 Å². The molecule has 2 aromatic carbocycles. The number of carbonyl (C=O) groups is 2. The van der Waals surface area contributed by atoms with Crippen molar-refractivity contribution in [2.24, 2.45) is 0 Å². The molecule has 4 nitrogen and oxygen atoms in total. The second kappa shape index (κ2) is 7.00. The predicted octanol–water partition coefficient (Wildman–Crippen LogP) is 3.57. The van der Waals surface area contributed by atoms with E-state index in [9.17, 15) is 18.4 Å². The standard InChI is InChI=1S/C17H15F2NO3/c1-10(21)12-4-3-5-13(8-12)20-17(22)11(2)23-14-6-7-15(18)16(19)9-14/h3-9,11H,1-2H3,(H,20,22). The minimum atomic E-state index is -1.05. The van der Waals surface area contributed by atoms with Crippen molar-refractivity contribution in [3.8, 4) is 5.75 Å². The molecule has 0 heterocycles. The van der Waals surface area contributed by atoms with E-state index in [1.165, 1.54) is 19.9 Å². The van der Waals surface area contributed by atoms with Crippen LogP contribution in [0.25, 0.3) is 0 Å². The normalized spacial score (nSPS) is 11.7. The highest BCUT2D eigenvalue weighted by molar-refractivity contribution is 5.98. The number of hydrogen-bond donors (Lipinski definition) is 1. The summed E-state index contributed by atoms with van der Waals surface area (Å²) in [6.07, 6.45) is -0.930. The third kappa shape index (κ3) is 4.35. The van der Waals surface area contributed by atoms with E-state index in [4.69, 9.17) is 4.74 Å². The molecule has 0 bridgehead atoms. The van der Waals surface area contributed by atoms with Crippen LogP contribution in [0, 0.1) is 11.6 Å². The zero-order valence-corrected chi connectivity index (χ0v) is 12.6. The number of ether oxygens (including phenoxy) is 1. The van der Waals surface area contributed by atoms with Crippen LogP contribution in [0.4, 0.5) is 14.5 Å². The summed E-state index contributed by atoms with van der Waals surface area (Å²) in [6, 6.07) is 9.49. The molecule has 0 aliphatic carbocycles.